The average Bonchev–Trinajstić information content (AvgIpc) is 2.21. The average molecular weight is 196 g/mol. The minimum absolute atomic E-state index is 0.278. The molecule has 0 aromatic heterocycles. The zero-order valence-corrected chi connectivity index (χ0v) is 9.16. The highest BCUT2D eigenvalue weighted by atomic mass is 16.5. The van der Waals surface area contributed by atoms with Crippen molar-refractivity contribution in [3.05, 3.63) is 24.3 Å². The van der Waals surface area contributed by atoms with Gasteiger partial charge < -0.3 is 4.74 Å². The highest BCUT2D eigenvalue weighted by molar-refractivity contribution is 5.81. The number of hydrogen-bond acceptors (Lipinski definition) is 2. The van der Waals surface area contributed by atoms with E-state index >= 15 is 0 Å². The molecule has 0 aromatic rings. The van der Waals surface area contributed by atoms with Gasteiger partial charge in [0.1, 0.15) is 0 Å². The molecule has 2 nitrogen and oxygen atoms in total. The van der Waals surface area contributed by atoms with Gasteiger partial charge in [-0.1, -0.05) is 38.0 Å². The first-order valence-electron chi connectivity index (χ1n) is 5.20. The van der Waals surface area contributed by atoms with Gasteiger partial charge >= 0.3 is 5.97 Å². The molecule has 0 saturated heterocycles. The van der Waals surface area contributed by atoms with E-state index in [2.05, 4.69) is 23.8 Å². The fraction of sp³-hybridized carbons (Fsp3) is 0.583. The van der Waals surface area contributed by atoms with Crippen molar-refractivity contribution in [1.29, 1.82) is 0 Å². The SMILES string of the molecule is CCCC/C=C/CC/C=C/C(=O)OC. The van der Waals surface area contributed by atoms with Crippen molar-refractivity contribution in [1.82, 2.24) is 0 Å². The van der Waals surface area contributed by atoms with Crippen molar-refractivity contribution < 1.29 is 9.53 Å². The molecule has 0 aliphatic carbocycles. The first-order chi connectivity index (χ1) is 6.81. The maximum atomic E-state index is 10.7. The highest BCUT2D eigenvalue weighted by Crippen LogP contribution is 1.98. The second-order valence-corrected chi connectivity index (χ2v) is 3.12. The maximum Gasteiger partial charge on any atom is 0.330 e. The van der Waals surface area contributed by atoms with Crippen molar-refractivity contribution >= 4 is 5.97 Å². The van der Waals surface area contributed by atoms with Crippen molar-refractivity contribution in [3.8, 4) is 0 Å². The summed E-state index contributed by atoms with van der Waals surface area (Å²) in [6, 6.07) is 0. The van der Waals surface area contributed by atoms with E-state index in [1.54, 1.807) is 0 Å². The Kier molecular flexibility index (Phi) is 9.28. The maximum absolute atomic E-state index is 10.7. The van der Waals surface area contributed by atoms with E-state index in [1.807, 2.05) is 6.08 Å². The monoisotopic (exact) mass is 196 g/mol. The Balaban J connectivity index is 3.32. The van der Waals surface area contributed by atoms with Gasteiger partial charge in [0.25, 0.3) is 0 Å². The Hall–Kier alpha value is -1.05. The van der Waals surface area contributed by atoms with Gasteiger partial charge in [-0.25, -0.2) is 4.79 Å². The Morgan fingerprint density at radius 3 is 2.43 bits per heavy atom. The molecule has 0 N–H and O–H groups in total. The zero-order chi connectivity index (χ0) is 10.6. The van der Waals surface area contributed by atoms with Crippen molar-refractivity contribution in [3.63, 3.8) is 0 Å². The summed E-state index contributed by atoms with van der Waals surface area (Å²) in [7, 11) is 1.39. The summed E-state index contributed by atoms with van der Waals surface area (Å²) < 4.78 is 4.47. The summed E-state index contributed by atoms with van der Waals surface area (Å²) >= 11 is 0. The van der Waals surface area contributed by atoms with Crippen LogP contribution in [0.15, 0.2) is 24.3 Å². The number of unbranched alkanes of at least 4 members (excludes halogenated alkanes) is 3. The fourth-order valence-electron chi connectivity index (χ4n) is 0.998. The predicted molar refractivity (Wildman–Crippen MR) is 59.1 cm³/mol. The Morgan fingerprint density at radius 2 is 1.79 bits per heavy atom. The van der Waals surface area contributed by atoms with Gasteiger partial charge in [-0.2, -0.15) is 0 Å². The largest absolute Gasteiger partial charge is 0.466 e. The Morgan fingerprint density at radius 1 is 1.14 bits per heavy atom. The van der Waals surface area contributed by atoms with E-state index in [-0.39, 0.29) is 5.97 Å². The molecule has 0 amide bonds. The third-order valence-electron chi connectivity index (χ3n) is 1.85. The third-order valence-corrected chi connectivity index (χ3v) is 1.85. The van der Waals surface area contributed by atoms with Gasteiger partial charge in [-0.3, -0.25) is 0 Å². The molecular formula is C12H20O2. The highest BCUT2D eigenvalue weighted by Gasteiger charge is 1.87. The molecule has 80 valence electrons. The molecular weight excluding hydrogens is 176 g/mol. The Bertz CT molecular complexity index is 192. The van der Waals surface area contributed by atoms with Gasteiger partial charge in [0.15, 0.2) is 0 Å². The van der Waals surface area contributed by atoms with E-state index in [0.29, 0.717) is 0 Å². The third kappa shape index (κ3) is 9.04. The van der Waals surface area contributed by atoms with E-state index in [4.69, 9.17) is 0 Å². The number of carbonyl (C=O) groups excluding carboxylic acids is 1. The first kappa shape index (κ1) is 12.9. The molecule has 14 heavy (non-hydrogen) atoms. The van der Waals surface area contributed by atoms with Crippen LogP contribution < -0.4 is 0 Å². The van der Waals surface area contributed by atoms with Crippen LogP contribution >= 0.6 is 0 Å². The lowest BCUT2D eigenvalue weighted by molar-refractivity contribution is -0.134. The van der Waals surface area contributed by atoms with Gasteiger partial charge in [0.05, 0.1) is 7.11 Å². The van der Waals surface area contributed by atoms with Crippen LogP contribution in [0.4, 0.5) is 0 Å². The number of ether oxygens (including phenoxy) is 1. The van der Waals surface area contributed by atoms with Gasteiger partial charge in [0.2, 0.25) is 0 Å². The van der Waals surface area contributed by atoms with Gasteiger partial charge in [-0.05, 0) is 19.3 Å². The minimum atomic E-state index is -0.278. The second-order valence-electron chi connectivity index (χ2n) is 3.12. The molecule has 0 heterocycles. The molecule has 0 spiro atoms. The summed E-state index contributed by atoms with van der Waals surface area (Å²) in [6.45, 7) is 2.19. The fourth-order valence-corrected chi connectivity index (χ4v) is 0.998. The second kappa shape index (κ2) is 10.0. The van der Waals surface area contributed by atoms with Crippen LogP contribution in [0.2, 0.25) is 0 Å². The number of allylic oxidation sites excluding steroid dienone is 3. The van der Waals surface area contributed by atoms with Crippen LogP contribution in [0.5, 0.6) is 0 Å². The van der Waals surface area contributed by atoms with Crippen LogP contribution in [0.25, 0.3) is 0 Å². The molecule has 0 radical (unpaired) electrons. The van der Waals surface area contributed by atoms with Crippen LogP contribution in [0.1, 0.15) is 39.0 Å². The van der Waals surface area contributed by atoms with Crippen molar-refractivity contribution in [2.24, 2.45) is 0 Å². The number of hydrogen-bond donors (Lipinski definition) is 0. The normalized spacial score (nSPS) is 11.3. The number of methoxy groups -OCH3 is 1. The van der Waals surface area contributed by atoms with Crippen molar-refractivity contribution in [2.45, 2.75) is 39.0 Å². The first-order valence-corrected chi connectivity index (χ1v) is 5.20. The quantitative estimate of drug-likeness (QED) is 0.270. The number of rotatable bonds is 7. The van der Waals surface area contributed by atoms with E-state index < -0.39 is 0 Å². The van der Waals surface area contributed by atoms with E-state index in [9.17, 15) is 4.79 Å². The summed E-state index contributed by atoms with van der Waals surface area (Å²) in [5.74, 6) is -0.278. The molecule has 0 aliphatic heterocycles. The standard InChI is InChI=1S/C12H20O2/c1-3-4-5-6-7-8-9-10-11-12(13)14-2/h6-7,10-11H,3-5,8-9H2,1-2H3/b7-6+,11-10+. The summed E-state index contributed by atoms with van der Waals surface area (Å²) in [4.78, 5) is 10.7. The molecule has 0 bridgehead atoms. The molecule has 0 rings (SSSR count). The molecule has 0 aromatic carbocycles. The van der Waals surface area contributed by atoms with Crippen molar-refractivity contribution in [2.75, 3.05) is 7.11 Å². The summed E-state index contributed by atoms with van der Waals surface area (Å²) in [6.07, 6.45) is 13.2. The van der Waals surface area contributed by atoms with Crippen LogP contribution in [-0.4, -0.2) is 13.1 Å². The number of carbonyl (C=O) groups is 1. The predicted octanol–water partition coefficient (Wildman–Crippen LogP) is 3.24. The lowest BCUT2D eigenvalue weighted by atomic mass is 10.2. The molecule has 0 atom stereocenters. The molecule has 0 unspecified atom stereocenters. The van der Waals surface area contributed by atoms with Crippen LogP contribution in [-0.2, 0) is 9.53 Å². The van der Waals surface area contributed by atoms with E-state index in [0.717, 1.165) is 19.3 Å². The lowest BCUT2D eigenvalue weighted by Gasteiger charge is -1.90. The topological polar surface area (TPSA) is 26.3 Å². The van der Waals surface area contributed by atoms with Gasteiger partial charge in [0, 0.05) is 6.08 Å². The zero-order valence-electron chi connectivity index (χ0n) is 9.16. The molecule has 0 aliphatic rings. The van der Waals surface area contributed by atoms with Crippen LogP contribution in [0.3, 0.4) is 0 Å². The summed E-state index contributed by atoms with van der Waals surface area (Å²) in [5.41, 5.74) is 0. The van der Waals surface area contributed by atoms with Crippen LogP contribution in [0, 0.1) is 0 Å². The smallest absolute Gasteiger partial charge is 0.330 e. The van der Waals surface area contributed by atoms with Gasteiger partial charge in [-0.15, -0.1) is 0 Å². The molecule has 0 saturated carbocycles. The van der Waals surface area contributed by atoms with E-state index in [1.165, 1.54) is 26.0 Å². The number of esters is 1. The lowest BCUT2D eigenvalue weighted by Crippen LogP contribution is -1.93. The molecule has 2 heteroatoms. The molecule has 0 fully saturated rings. The Labute approximate surface area is 86.6 Å². The minimum Gasteiger partial charge on any atom is -0.466 e. The summed E-state index contributed by atoms with van der Waals surface area (Å²) in [5, 5.41) is 0.